The number of fused-ring (bicyclic) bond motifs is 5. The van der Waals surface area contributed by atoms with Crippen LogP contribution < -0.4 is 5.32 Å². The molecule has 6 heteroatoms. The second-order valence-corrected chi connectivity index (χ2v) is 5.85. The molecule has 0 saturated carbocycles. The zero-order valence-corrected chi connectivity index (χ0v) is 13.5. The van der Waals surface area contributed by atoms with Gasteiger partial charge in [0.2, 0.25) is 0 Å². The predicted octanol–water partition coefficient (Wildman–Crippen LogP) is 3.45. The van der Waals surface area contributed by atoms with Gasteiger partial charge in [-0.25, -0.2) is 4.68 Å². The van der Waals surface area contributed by atoms with Crippen LogP contribution >= 0.6 is 0 Å². The Balaban J connectivity index is 2.09. The second-order valence-electron chi connectivity index (χ2n) is 5.85. The molecule has 1 aliphatic rings. The normalized spacial score (nSPS) is 13.7. The smallest absolute Gasteiger partial charge is 0.256 e. The Morgan fingerprint density at radius 1 is 1.04 bits per heavy atom. The largest absolute Gasteiger partial charge is 0.321 e. The first-order chi connectivity index (χ1) is 11.7. The number of amides is 1. The van der Waals surface area contributed by atoms with Gasteiger partial charge in [0.15, 0.2) is 0 Å². The summed E-state index contributed by atoms with van der Waals surface area (Å²) < 4.78 is 1.91. The van der Waals surface area contributed by atoms with Crippen LogP contribution in [0.1, 0.15) is 23.2 Å². The molecule has 1 aromatic heterocycles. The number of para-hydroxylation sites is 1. The lowest BCUT2D eigenvalue weighted by molar-refractivity contribution is 0.102. The van der Waals surface area contributed by atoms with Gasteiger partial charge in [-0.2, -0.15) is 0 Å². The van der Waals surface area contributed by atoms with E-state index >= 15 is 0 Å². The summed E-state index contributed by atoms with van der Waals surface area (Å²) in [6, 6.07) is 15.3. The maximum absolute atomic E-state index is 12.7. The summed E-state index contributed by atoms with van der Waals surface area (Å²) in [4.78, 5) is 12.7. The van der Waals surface area contributed by atoms with Crippen LogP contribution in [0.4, 0.5) is 5.69 Å². The topological polar surface area (TPSA) is 59.8 Å². The van der Waals surface area contributed by atoms with Crippen molar-refractivity contribution in [2.75, 3.05) is 5.32 Å². The molecule has 1 amide bonds. The van der Waals surface area contributed by atoms with Crippen molar-refractivity contribution in [2.45, 2.75) is 19.7 Å². The first kappa shape index (κ1) is 14.7. The molecule has 0 saturated heterocycles. The lowest BCUT2D eigenvalue weighted by Gasteiger charge is -2.20. The van der Waals surface area contributed by atoms with Crippen molar-refractivity contribution >= 4 is 18.9 Å². The van der Waals surface area contributed by atoms with Crippen LogP contribution in [-0.4, -0.2) is 28.2 Å². The fraction of sp³-hybridized carbons (Fsp3) is 0.167. The molecule has 0 unspecified atom stereocenters. The minimum absolute atomic E-state index is 0.0941. The number of anilines is 1. The van der Waals surface area contributed by atoms with Gasteiger partial charge in [-0.3, -0.25) is 4.79 Å². The van der Waals surface area contributed by atoms with Crippen LogP contribution in [0.15, 0.2) is 48.5 Å². The van der Waals surface area contributed by atoms with Crippen LogP contribution in [-0.2, 0) is 0 Å². The second kappa shape index (κ2) is 5.63. The number of nitrogens with one attached hydrogen (secondary N) is 1. The van der Waals surface area contributed by atoms with Crippen LogP contribution in [0.5, 0.6) is 0 Å². The highest BCUT2D eigenvalue weighted by Crippen LogP contribution is 2.39. The number of carbonyl (C=O) groups excluding carboxylic acids is 1. The van der Waals surface area contributed by atoms with E-state index in [0.29, 0.717) is 5.56 Å². The molecule has 0 bridgehead atoms. The van der Waals surface area contributed by atoms with Crippen molar-refractivity contribution in [1.29, 1.82) is 0 Å². The fourth-order valence-electron chi connectivity index (χ4n) is 3.03. The third kappa shape index (κ3) is 2.14. The van der Waals surface area contributed by atoms with Gasteiger partial charge in [0, 0.05) is 22.6 Å². The summed E-state index contributed by atoms with van der Waals surface area (Å²) >= 11 is 0. The predicted molar refractivity (Wildman–Crippen MR) is 95.2 cm³/mol. The SMILES string of the molecule is C[B][C@@H](C)n1nnc2c1-c1ccccc1NC(=O)c1ccccc1-2. The number of hydrogen-bond acceptors (Lipinski definition) is 3. The number of nitrogens with zero attached hydrogens (tertiary/aromatic N) is 3. The van der Waals surface area contributed by atoms with Crippen molar-refractivity contribution in [3.05, 3.63) is 54.1 Å². The van der Waals surface area contributed by atoms with Crippen LogP contribution in [0, 0.1) is 0 Å². The molecule has 2 heterocycles. The first-order valence-electron chi connectivity index (χ1n) is 7.95. The highest BCUT2D eigenvalue weighted by atomic mass is 16.1. The number of hydrogen-bond donors (Lipinski definition) is 1. The molecule has 1 aliphatic heterocycles. The average Bonchev–Trinajstić information content (AvgIpc) is 3.04. The van der Waals surface area contributed by atoms with Crippen molar-refractivity contribution in [3.63, 3.8) is 0 Å². The lowest BCUT2D eigenvalue weighted by atomic mass is 9.73. The maximum atomic E-state index is 12.7. The Bertz CT molecular complexity index is 934. The summed E-state index contributed by atoms with van der Waals surface area (Å²) in [7, 11) is 2.07. The number of rotatable bonds is 2. The van der Waals surface area contributed by atoms with Gasteiger partial charge in [-0.15, -0.1) is 5.10 Å². The first-order valence-corrected chi connectivity index (χ1v) is 7.95. The van der Waals surface area contributed by atoms with E-state index in [1.165, 1.54) is 0 Å². The standard InChI is InChI=1S/C18H16BN4O/c1-11(19-2)23-17-14-9-5-6-10-15(14)20-18(24)13-8-4-3-7-12(13)16(17)21-22-23/h3-11H,1-2H3,(H,20,24)/t11-/m1/s1. The molecule has 1 radical (unpaired) electrons. The summed E-state index contributed by atoms with van der Waals surface area (Å²) in [5.74, 6) is -0.0371. The molecule has 4 rings (SSSR count). The van der Waals surface area contributed by atoms with Gasteiger partial charge in [-0.1, -0.05) is 55.4 Å². The van der Waals surface area contributed by atoms with Crippen molar-refractivity contribution in [2.24, 2.45) is 0 Å². The fourth-order valence-corrected chi connectivity index (χ4v) is 3.03. The van der Waals surface area contributed by atoms with Crippen molar-refractivity contribution in [3.8, 4) is 22.5 Å². The Hall–Kier alpha value is -2.89. The molecule has 0 aliphatic carbocycles. The van der Waals surface area contributed by atoms with Crippen molar-refractivity contribution in [1.82, 2.24) is 15.0 Å². The summed E-state index contributed by atoms with van der Waals surface area (Å²) in [6.07, 6.45) is 0. The molecule has 24 heavy (non-hydrogen) atoms. The van der Waals surface area contributed by atoms with E-state index in [-0.39, 0.29) is 11.8 Å². The van der Waals surface area contributed by atoms with Gasteiger partial charge in [0.1, 0.15) is 13.0 Å². The Morgan fingerprint density at radius 2 is 1.71 bits per heavy atom. The molecule has 1 atom stereocenters. The van der Waals surface area contributed by atoms with Gasteiger partial charge in [0.25, 0.3) is 5.91 Å². The summed E-state index contributed by atoms with van der Waals surface area (Å²) in [5.41, 5.74) is 4.76. The van der Waals surface area contributed by atoms with E-state index in [9.17, 15) is 4.79 Å². The van der Waals surface area contributed by atoms with E-state index in [1.54, 1.807) is 0 Å². The van der Waals surface area contributed by atoms with E-state index in [4.69, 9.17) is 0 Å². The maximum Gasteiger partial charge on any atom is 0.256 e. The third-order valence-electron chi connectivity index (χ3n) is 4.42. The quantitative estimate of drug-likeness (QED) is 0.737. The summed E-state index contributed by atoms with van der Waals surface area (Å²) in [5, 5.41) is 11.8. The molecule has 5 nitrogen and oxygen atoms in total. The van der Waals surface area contributed by atoms with Crippen molar-refractivity contribution < 1.29 is 4.79 Å². The molecule has 0 fully saturated rings. The average molecular weight is 315 g/mol. The third-order valence-corrected chi connectivity index (χ3v) is 4.42. The van der Waals surface area contributed by atoms with E-state index in [2.05, 4.69) is 29.8 Å². The van der Waals surface area contributed by atoms with E-state index in [0.717, 1.165) is 28.2 Å². The summed E-state index contributed by atoms with van der Waals surface area (Å²) in [6.45, 7) is 4.07. The minimum atomic E-state index is -0.131. The monoisotopic (exact) mass is 315 g/mol. The molecule has 0 spiro atoms. The zero-order valence-electron chi connectivity index (χ0n) is 13.5. The lowest BCUT2D eigenvalue weighted by Crippen LogP contribution is -2.18. The molecule has 1 N–H and O–H groups in total. The minimum Gasteiger partial charge on any atom is -0.321 e. The molecular formula is C18H16BN4O. The van der Waals surface area contributed by atoms with Crippen LogP contribution in [0.2, 0.25) is 6.82 Å². The van der Waals surface area contributed by atoms with Crippen LogP contribution in [0.3, 0.4) is 0 Å². The van der Waals surface area contributed by atoms with E-state index in [1.807, 2.05) is 60.0 Å². The Labute approximate surface area is 140 Å². The molecule has 3 aromatic rings. The van der Waals surface area contributed by atoms with Gasteiger partial charge < -0.3 is 5.32 Å². The van der Waals surface area contributed by atoms with Gasteiger partial charge in [-0.05, 0) is 12.1 Å². The van der Waals surface area contributed by atoms with Crippen LogP contribution in [0.25, 0.3) is 22.5 Å². The molecule has 117 valence electrons. The number of carbonyl (C=O) groups is 1. The highest BCUT2D eigenvalue weighted by molar-refractivity contribution is 6.34. The molecular weight excluding hydrogens is 299 g/mol. The van der Waals surface area contributed by atoms with Gasteiger partial charge in [0.05, 0.1) is 11.4 Å². The Kier molecular flexibility index (Phi) is 3.45. The highest BCUT2D eigenvalue weighted by Gasteiger charge is 2.27. The van der Waals surface area contributed by atoms with E-state index < -0.39 is 0 Å². The zero-order chi connectivity index (χ0) is 16.7. The van der Waals surface area contributed by atoms with Gasteiger partial charge >= 0.3 is 0 Å². The Morgan fingerprint density at radius 3 is 2.46 bits per heavy atom. The number of aromatic nitrogens is 3. The molecule has 2 aromatic carbocycles. The number of benzene rings is 2.